The lowest BCUT2D eigenvalue weighted by Gasteiger charge is -2.61. The predicted molar refractivity (Wildman–Crippen MR) is 61.1 cm³/mol. The molecule has 0 aromatic carbocycles. The summed E-state index contributed by atoms with van der Waals surface area (Å²) in [5.41, 5.74) is 5.19. The van der Waals surface area contributed by atoms with Crippen LogP contribution < -0.4 is 5.73 Å². The maximum Gasteiger partial charge on any atom is 0.392 e. The Morgan fingerprint density at radius 1 is 1.32 bits per heavy atom. The van der Waals surface area contributed by atoms with Crippen LogP contribution in [-0.4, -0.2) is 23.8 Å². The molecule has 6 heteroatoms. The summed E-state index contributed by atoms with van der Waals surface area (Å²) < 4.78 is 39.4. The van der Waals surface area contributed by atoms with E-state index in [1.54, 1.807) is 0 Å². The topological polar surface area (TPSA) is 63.3 Å². The molecule has 1 unspecified atom stereocenters. The fourth-order valence-corrected chi connectivity index (χ4v) is 5.46. The molecule has 0 saturated heterocycles. The van der Waals surface area contributed by atoms with Crippen molar-refractivity contribution in [3.63, 3.8) is 0 Å². The summed E-state index contributed by atoms with van der Waals surface area (Å²) in [5.74, 6) is -3.13. The smallest absolute Gasteiger partial charge is 0.392 e. The minimum Gasteiger partial charge on any atom is -0.481 e. The van der Waals surface area contributed by atoms with Gasteiger partial charge in [-0.3, -0.25) is 4.79 Å². The molecule has 3 saturated carbocycles. The van der Waals surface area contributed by atoms with E-state index in [9.17, 15) is 18.0 Å². The van der Waals surface area contributed by atoms with Crippen molar-refractivity contribution in [1.29, 1.82) is 0 Å². The van der Waals surface area contributed by atoms with Crippen LogP contribution in [0, 0.1) is 35.0 Å². The molecule has 0 aliphatic heterocycles. The van der Waals surface area contributed by atoms with E-state index in [0.717, 1.165) is 0 Å². The molecule has 3 aliphatic rings. The Labute approximate surface area is 109 Å². The van der Waals surface area contributed by atoms with Crippen molar-refractivity contribution in [2.75, 3.05) is 6.54 Å². The Balaban J connectivity index is 1.91. The van der Waals surface area contributed by atoms with Crippen molar-refractivity contribution >= 4 is 5.97 Å². The number of nitrogens with two attached hydrogens (primary N) is 1. The van der Waals surface area contributed by atoms with E-state index < -0.39 is 23.5 Å². The van der Waals surface area contributed by atoms with Gasteiger partial charge in [0.15, 0.2) is 0 Å². The molecule has 3 fully saturated rings. The summed E-state index contributed by atoms with van der Waals surface area (Å²) in [6.45, 7) is 0.197. The minimum absolute atomic E-state index is 0.0768. The Morgan fingerprint density at radius 2 is 2.00 bits per heavy atom. The highest BCUT2D eigenvalue weighted by Crippen LogP contribution is 2.74. The maximum atomic E-state index is 13.1. The molecular formula is C13H18F3NO2. The minimum atomic E-state index is -4.15. The van der Waals surface area contributed by atoms with E-state index in [4.69, 9.17) is 10.8 Å². The fourth-order valence-electron chi connectivity index (χ4n) is 5.46. The monoisotopic (exact) mass is 277 g/mol. The Bertz CT molecular complexity index is 403. The van der Waals surface area contributed by atoms with Gasteiger partial charge in [-0.1, -0.05) is 0 Å². The van der Waals surface area contributed by atoms with Crippen molar-refractivity contribution in [3.8, 4) is 0 Å². The van der Waals surface area contributed by atoms with Crippen molar-refractivity contribution in [3.05, 3.63) is 0 Å². The number of carboxylic acid groups (broad SMARTS) is 1. The zero-order valence-electron chi connectivity index (χ0n) is 10.5. The predicted octanol–water partition coefficient (Wildman–Crippen LogP) is 2.26. The number of hydrogen-bond acceptors (Lipinski definition) is 2. The summed E-state index contributed by atoms with van der Waals surface area (Å²) in [6.07, 6.45) is -2.43. The first-order valence-corrected chi connectivity index (χ1v) is 6.80. The molecule has 3 N–H and O–H groups in total. The first-order chi connectivity index (χ1) is 8.81. The molecule has 3 rings (SSSR count). The lowest BCUT2D eigenvalue weighted by Crippen LogP contribution is -2.62. The molecular weight excluding hydrogens is 259 g/mol. The number of hydrogen-bond donors (Lipinski definition) is 2. The van der Waals surface area contributed by atoms with Crippen molar-refractivity contribution in [2.45, 2.75) is 31.9 Å². The third kappa shape index (κ3) is 1.58. The average Bonchev–Trinajstić information content (AvgIpc) is 2.43. The van der Waals surface area contributed by atoms with Gasteiger partial charge in [-0.05, 0) is 54.9 Å². The van der Waals surface area contributed by atoms with Crippen molar-refractivity contribution in [2.24, 2.45) is 40.7 Å². The van der Waals surface area contributed by atoms with Crippen LogP contribution in [0.15, 0.2) is 0 Å². The number of rotatable bonds is 3. The summed E-state index contributed by atoms with van der Waals surface area (Å²) >= 11 is 0. The quantitative estimate of drug-likeness (QED) is 0.831. The Kier molecular flexibility index (Phi) is 2.69. The van der Waals surface area contributed by atoms with Gasteiger partial charge in [-0.2, -0.15) is 13.2 Å². The van der Waals surface area contributed by atoms with Gasteiger partial charge >= 0.3 is 12.1 Å². The van der Waals surface area contributed by atoms with Crippen molar-refractivity contribution < 1.29 is 23.1 Å². The van der Waals surface area contributed by atoms with Crippen LogP contribution in [0.1, 0.15) is 25.7 Å². The van der Waals surface area contributed by atoms with Gasteiger partial charge in [0, 0.05) is 0 Å². The zero-order chi connectivity index (χ0) is 14.0. The Morgan fingerprint density at radius 3 is 2.53 bits per heavy atom. The van der Waals surface area contributed by atoms with Gasteiger partial charge in [-0.25, -0.2) is 0 Å². The van der Waals surface area contributed by atoms with Gasteiger partial charge in [-0.15, -0.1) is 0 Å². The first-order valence-electron chi connectivity index (χ1n) is 6.80. The molecule has 0 heterocycles. The normalized spacial score (nSPS) is 47.9. The fraction of sp³-hybridized carbons (Fsp3) is 0.923. The van der Waals surface area contributed by atoms with Crippen LogP contribution >= 0.6 is 0 Å². The number of carboxylic acids is 1. The third-order valence-electron chi connectivity index (χ3n) is 5.97. The van der Waals surface area contributed by atoms with Crippen LogP contribution in [0.25, 0.3) is 0 Å². The van der Waals surface area contributed by atoms with Crippen LogP contribution in [0.3, 0.4) is 0 Å². The molecule has 3 nitrogen and oxygen atoms in total. The highest BCUT2D eigenvalue weighted by molar-refractivity contribution is 5.68. The van der Waals surface area contributed by atoms with E-state index in [1.165, 1.54) is 0 Å². The van der Waals surface area contributed by atoms with Gasteiger partial charge in [0.05, 0.1) is 12.3 Å². The highest BCUT2D eigenvalue weighted by Gasteiger charge is 2.73. The molecule has 0 spiro atoms. The maximum absolute atomic E-state index is 13.1. The summed E-state index contributed by atoms with van der Waals surface area (Å²) in [4.78, 5) is 11.0. The number of carbonyl (C=O) groups is 1. The molecule has 3 aliphatic carbocycles. The van der Waals surface area contributed by atoms with Gasteiger partial charge in [0.1, 0.15) is 0 Å². The highest BCUT2D eigenvalue weighted by atomic mass is 19.4. The van der Waals surface area contributed by atoms with E-state index >= 15 is 0 Å². The number of aliphatic carboxylic acids is 1. The summed E-state index contributed by atoms with van der Waals surface area (Å²) in [7, 11) is 0. The van der Waals surface area contributed by atoms with Crippen LogP contribution in [-0.2, 0) is 4.79 Å². The molecule has 2 bridgehead atoms. The van der Waals surface area contributed by atoms with E-state index in [-0.39, 0.29) is 36.6 Å². The van der Waals surface area contributed by atoms with E-state index in [2.05, 4.69) is 0 Å². The number of halogens is 3. The van der Waals surface area contributed by atoms with E-state index in [0.29, 0.717) is 19.3 Å². The number of fused-ring (bicyclic) bond motifs is 1. The molecule has 6 atom stereocenters. The molecule has 19 heavy (non-hydrogen) atoms. The zero-order valence-corrected chi connectivity index (χ0v) is 10.5. The SMILES string of the molecule is NC[C@@]1(CC(=O)O)C2CC[C@@H]3C[C@H]1[C@H]2[C@H]3C(F)(F)F. The molecule has 0 amide bonds. The largest absolute Gasteiger partial charge is 0.481 e. The Hall–Kier alpha value is -0.780. The second-order valence-electron chi connectivity index (χ2n) is 6.44. The van der Waals surface area contributed by atoms with Gasteiger partial charge in [0.2, 0.25) is 0 Å². The van der Waals surface area contributed by atoms with Crippen LogP contribution in [0.2, 0.25) is 0 Å². The van der Waals surface area contributed by atoms with Gasteiger partial charge < -0.3 is 10.8 Å². The lowest BCUT2D eigenvalue weighted by molar-refractivity contribution is -0.243. The molecule has 0 aromatic heterocycles. The summed E-state index contributed by atoms with van der Waals surface area (Å²) in [5, 5.41) is 9.04. The van der Waals surface area contributed by atoms with Gasteiger partial charge in [0.25, 0.3) is 0 Å². The average molecular weight is 277 g/mol. The molecule has 0 radical (unpaired) electrons. The molecule has 0 aromatic rings. The number of alkyl halides is 3. The van der Waals surface area contributed by atoms with Crippen LogP contribution in [0.4, 0.5) is 13.2 Å². The second kappa shape index (κ2) is 3.87. The third-order valence-corrected chi connectivity index (χ3v) is 5.97. The van der Waals surface area contributed by atoms with E-state index in [1.807, 2.05) is 0 Å². The van der Waals surface area contributed by atoms with Crippen molar-refractivity contribution in [1.82, 2.24) is 0 Å². The summed E-state index contributed by atoms with van der Waals surface area (Å²) in [6, 6.07) is 0. The van der Waals surface area contributed by atoms with Crippen LogP contribution in [0.5, 0.6) is 0 Å². The molecule has 108 valence electrons. The lowest BCUT2D eigenvalue weighted by atomic mass is 9.43. The second-order valence-corrected chi connectivity index (χ2v) is 6.44. The first kappa shape index (κ1) is 13.2. The standard InChI is InChI=1S/C13H18F3NO2/c14-13(15,16)11-6-1-2-7-10(11)8(3-6)12(7,5-17)4-9(18)19/h6-8,10-11H,1-5,17H2,(H,18,19)/t6-,7?,8+,10+,11+,12+/m1/s1.